The van der Waals surface area contributed by atoms with Gasteiger partial charge in [0.05, 0.1) is 0 Å². The summed E-state index contributed by atoms with van der Waals surface area (Å²) in [6.45, 7) is 14.0. The molecule has 0 radical (unpaired) electrons. The Balaban J connectivity index is 1.77. The molecule has 0 bridgehead atoms. The molecule has 0 aliphatic carbocycles. The Kier molecular flexibility index (Phi) is 5.04. The molecule has 3 rings (SSSR count). The highest BCUT2D eigenvalue weighted by Gasteiger charge is 2.33. The van der Waals surface area contributed by atoms with E-state index in [-0.39, 0.29) is 0 Å². The van der Waals surface area contributed by atoms with E-state index in [0.717, 1.165) is 5.57 Å². The Labute approximate surface area is 147 Å². The summed E-state index contributed by atoms with van der Waals surface area (Å²) in [5.41, 5.74) is 3.51. The van der Waals surface area contributed by atoms with Crippen molar-refractivity contribution in [2.24, 2.45) is 0 Å². The van der Waals surface area contributed by atoms with Crippen molar-refractivity contribution in [1.82, 2.24) is 9.47 Å². The van der Waals surface area contributed by atoms with Gasteiger partial charge < -0.3 is 9.47 Å². The van der Waals surface area contributed by atoms with E-state index in [1.807, 2.05) is 6.07 Å². The van der Waals surface area contributed by atoms with Gasteiger partial charge in [0, 0.05) is 26.2 Å². The molecule has 2 nitrogen and oxygen atoms in total. The summed E-state index contributed by atoms with van der Waals surface area (Å²) in [7, 11) is 0.650. The van der Waals surface area contributed by atoms with Gasteiger partial charge in [0.25, 0.3) is 0 Å². The van der Waals surface area contributed by atoms with Crippen molar-refractivity contribution in [3.63, 3.8) is 0 Å². The zero-order chi connectivity index (χ0) is 17.2. The minimum Gasteiger partial charge on any atom is -0.318 e. The maximum absolute atomic E-state index is 4.28. The summed E-state index contributed by atoms with van der Waals surface area (Å²) in [6.07, 6.45) is 0. The number of hydrogen-bond acceptors (Lipinski definition) is 2. The number of likely N-dealkylation sites (N-methyl/N-ethyl adjacent to an activating group) is 1. The van der Waals surface area contributed by atoms with E-state index in [4.69, 9.17) is 0 Å². The second-order valence-corrected chi connectivity index (χ2v) is 11.6. The highest BCUT2D eigenvalue weighted by atomic mass is 28.3. The monoisotopic (exact) mass is 336 g/mol. The molecule has 3 heteroatoms. The first kappa shape index (κ1) is 17.2. The third kappa shape index (κ3) is 3.53. The van der Waals surface area contributed by atoms with Gasteiger partial charge in [-0.2, -0.15) is 0 Å². The molecule has 0 spiro atoms. The standard InChI is InChI=1S/C21H28N2Si/c1-18(19-8-6-5-7-9-19)20-10-12-21(13-11-20)24(3,4)23-16-14-22(2)15-17-23/h5-13H,1,14-17H2,2-4H3. The van der Waals surface area contributed by atoms with E-state index in [1.54, 1.807) is 0 Å². The zero-order valence-electron chi connectivity index (χ0n) is 15.1. The average Bonchev–Trinajstić information content (AvgIpc) is 2.62. The molecule has 0 aromatic heterocycles. The molecule has 1 aliphatic heterocycles. The van der Waals surface area contributed by atoms with Crippen molar-refractivity contribution in [3.05, 3.63) is 72.3 Å². The van der Waals surface area contributed by atoms with Gasteiger partial charge in [0.2, 0.25) is 0 Å². The van der Waals surface area contributed by atoms with Crippen LogP contribution < -0.4 is 5.19 Å². The van der Waals surface area contributed by atoms with Gasteiger partial charge in [-0.15, -0.1) is 0 Å². The lowest BCUT2D eigenvalue weighted by molar-refractivity contribution is 0.218. The lowest BCUT2D eigenvalue weighted by Gasteiger charge is -2.42. The third-order valence-corrected chi connectivity index (χ3v) is 9.13. The average molecular weight is 337 g/mol. The van der Waals surface area contributed by atoms with Gasteiger partial charge in [-0.3, -0.25) is 0 Å². The fourth-order valence-corrected chi connectivity index (χ4v) is 6.10. The van der Waals surface area contributed by atoms with Gasteiger partial charge in [0.1, 0.15) is 0 Å². The van der Waals surface area contributed by atoms with Crippen molar-refractivity contribution in [3.8, 4) is 0 Å². The molecule has 24 heavy (non-hydrogen) atoms. The molecule has 1 heterocycles. The maximum atomic E-state index is 4.28. The van der Waals surface area contributed by atoms with Crippen LogP contribution in [0.1, 0.15) is 11.1 Å². The van der Waals surface area contributed by atoms with E-state index in [2.05, 4.69) is 84.7 Å². The van der Waals surface area contributed by atoms with Crippen molar-refractivity contribution in [1.29, 1.82) is 0 Å². The van der Waals surface area contributed by atoms with E-state index in [9.17, 15) is 0 Å². The van der Waals surface area contributed by atoms with Crippen LogP contribution in [0.25, 0.3) is 5.57 Å². The number of benzene rings is 2. The largest absolute Gasteiger partial charge is 0.318 e. The topological polar surface area (TPSA) is 6.48 Å². The molecular formula is C21H28N2Si. The second kappa shape index (κ2) is 7.05. The van der Waals surface area contributed by atoms with Crippen LogP contribution in [0.5, 0.6) is 0 Å². The molecule has 2 aromatic carbocycles. The summed E-state index contributed by atoms with van der Waals surface area (Å²) >= 11 is 0. The van der Waals surface area contributed by atoms with Crippen molar-refractivity contribution in [2.45, 2.75) is 13.1 Å². The van der Waals surface area contributed by atoms with E-state index < -0.39 is 8.24 Å². The quantitative estimate of drug-likeness (QED) is 0.790. The minimum absolute atomic E-state index is 1.10. The fourth-order valence-electron chi connectivity index (χ4n) is 3.43. The molecule has 0 saturated carbocycles. The van der Waals surface area contributed by atoms with Crippen LogP contribution in [0.3, 0.4) is 0 Å². The van der Waals surface area contributed by atoms with Crippen LogP contribution in [-0.2, 0) is 0 Å². The number of hydrogen-bond donors (Lipinski definition) is 0. The van der Waals surface area contributed by atoms with Gasteiger partial charge in [-0.05, 0) is 28.9 Å². The maximum Gasteiger partial charge on any atom is 0.154 e. The Morgan fingerprint density at radius 3 is 1.96 bits per heavy atom. The molecule has 126 valence electrons. The summed E-state index contributed by atoms with van der Waals surface area (Å²) < 4.78 is 2.73. The number of nitrogens with zero attached hydrogens (tertiary/aromatic N) is 2. The minimum atomic E-state index is -1.57. The second-order valence-electron chi connectivity index (χ2n) is 7.27. The molecular weight excluding hydrogens is 308 g/mol. The summed E-state index contributed by atoms with van der Waals surface area (Å²) in [4.78, 5) is 2.42. The van der Waals surface area contributed by atoms with Crippen LogP contribution >= 0.6 is 0 Å². The lowest BCUT2D eigenvalue weighted by Crippen LogP contribution is -2.62. The van der Waals surface area contributed by atoms with Crippen LogP contribution in [-0.4, -0.2) is 50.9 Å². The van der Waals surface area contributed by atoms with Crippen molar-refractivity contribution >= 4 is 19.0 Å². The summed E-state index contributed by atoms with van der Waals surface area (Å²) in [6, 6.07) is 19.6. The van der Waals surface area contributed by atoms with Gasteiger partial charge in [-0.1, -0.05) is 74.3 Å². The molecule has 0 N–H and O–H groups in total. The molecule has 1 saturated heterocycles. The first-order valence-corrected chi connectivity index (χ1v) is 11.7. The predicted molar refractivity (Wildman–Crippen MR) is 107 cm³/mol. The normalized spacial score (nSPS) is 17.0. The molecule has 0 unspecified atom stereocenters. The Morgan fingerprint density at radius 2 is 1.38 bits per heavy atom. The molecule has 1 fully saturated rings. The highest BCUT2D eigenvalue weighted by molar-refractivity contribution is 6.87. The van der Waals surface area contributed by atoms with Gasteiger partial charge in [0.15, 0.2) is 8.24 Å². The van der Waals surface area contributed by atoms with Gasteiger partial charge >= 0.3 is 0 Å². The Hall–Kier alpha value is -1.68. The van der Waals surface area contributed by atoms with E-state index in [0.29, 0.717) is 0 Å². The molecule has 0 atom stereocenters. The van der Waals surface area contributed by atoms with E-state index in [1.165, 1.54) is 42.5 Å². The first-order valence-electron chi connectivity index (χ1n) is 8.77. The molecule has 2 aromatic rings. The van der Waals surface area contributed by atoms with Crippen LogP contribution in [0, 0.1) is 0 Å². The Morgan fingerprint density at radius 1 is 0.833 bits per heavy atom. The third-order valence-electron chi connectivity index (χ3n) is 5.36. The van der Waals surface area contributed by atoms with Crippen molar-refractivity contribution in [2.75, 3.05) is 33.2 Å². The zero-order valence-corrected chi connectivity index (χ0v) is 16.1. The van der Waals surface area contributed by atoms with Crippen LogP contribution in [0.15, 0.2) is 61.2 Å². The first-order chi connectivity index (χ1) is 11.5. The smallest absolute Gasteiger partial charge is 0.154 e. The molecule has 1 aliphatic rings. The van der Waals surface area contributed by atoms with Crippen LogP contribution in [0.2, 0.25) is 13.1 Å². The van der Waals surface area contributed by atoms with E-state index >= 15 is 0 Å². The number of rotatable bonds is 4. The lowest BCUT2D eigenvalue weighted by atomic mass is 10.00. The van der Waals surface area contributed by atoms with Crippen molar-refractivity contribution < 1.29 is 0 Å². The highest BCUT2D eigenvalue weighted by Crippen LogP contribution is 2.21. The fraction of sp³-hybridized carbons (Fsp3) is 0.333. The predicted octanol–water partition coefficient (Wildman–Crippen LogP) is 3.41. The number of piperazine rings is 1. The van der Waals surface area contributed by atoms with Gasteiger partial charge in [-0.25, -0.2) is 0 Å². The Bertz CT molecular complexity index is 684. The van der Waals surface area contributed by atoms with Crippen LogP contribution in [0.4, 0.5) is 0 Å². The summed E-state index contributed by atoms with van der Waals surface area (Å²) in [5, 5.41) is 1.51. The summed E-state index contributed by atoms with van der Waals surface area (Å²) in [5.74, 6) is 0. The SMILES string of the molecule is C=C(c1ccccc1)c1ccc([Si](C)(C)N2CCN(C)CC2)cc1. The molecule has 0 amide bonds.